The highest BCUT2D eigenvalue weighted by Gasteiger charge is 2.19. The fourth-order valence-corrected chi connectivity index (χ4v) is 2.78. The first-order valence-electron chi connectivity index (χ1n) is 9.61. The maximum absolute atomic E-state index is 11.8. The molecule has 0 aromatic rings. The van der Waals surface area contributed by atoms with Gasteiger partial charge in [-0.3, -0.25) is 4.79 Å². The van der Waals surface area contributed by atoms with E-state index in [0.717, 1.165) is 58.1 Å². The minimum Gasteiger partial charge on any atom is -0.382 e. The highest BCUT2D eigenvalue weighted by molar-refractivity contribution is 14.0. The number of nitrogens with zero attached hydrogens (tertiary/aromatic N) is 3. The number of rotatable bonds is 10. The van der Waals surface area contributed by atoms with Crippen molar-refractivity contribution < 1.29 is 9.53 Å². The van der Waals surface area contributed by atoms with Crippen LogP contribution in [-0.2, 0) is 9.53 Å². The number of guanidine groups is 1. The summed E-state index contributed by atoms with van der Waals surface area (Å²) < 4.78 is 5.36. The molecule has 0 spiro atoms. The second-order valence-electron chi connectivity index (χ2n) is 6.69. The highest BCUT2D eigenvalue weighted by Crippen LogP contribution is 2.10. The summed E-state index contributed by atoms with van der Waals surface area (Å²) in [6, 6.07) is 0.417. The Kier molecular flexibility index (Phi) is 15.1. The van der Waals surface area contributed by atoms with Gasteiger partial charge in [-0.05, 0) is 39.2 Å². The van der Waals surface area contributed by atoms with Gasteiger partial charge in [-0.15, -0.1) is 24.0 Å². The second kappa shape index (κ2) is 15.4. The van der Waals surface area contributed by atoms with Gasteiger partial charge in [-0.1, -0.05) is 6.92 Å². The van der Waals surface area contributed by atoms with E-state index in [2.05, 4.69) is 27.4 Å². The van der Waals surface area contributed by atoms with E-state index in [9.17, 15) is 4.79 Å². The largest absolute Gasteiger partial charge is 0.382 e. The number of hydrogen-bond acceptors (Lipinski definition) is 4. The SMILES string of the molecule is CCCN1CCC(NC(=NCC(=O)N(C)C)NCCCOCC)CC1.I. The van der Waals surface area contributed by atoms with E-state index in [-0.39, 0.29) is 36.4 Å². The van der Waals surface area contributed by atoms with Crippen LogP contribution in [0, 0.1) is 0 Å². The average Bonchev–Trinajstić information content (AvgIpc) is 2.60. The van der Waals surface area contributed by atoms with Crippen LogP contribution in [0.15, 0.2) is 4.99 Å². The molecular formula is C18H38IN5O2. The maximum atomic E-state index is 11.8. The van der Waals surface area contributed by atoms with Crippen LogP contribution in [0.1, 0.15) is 39.5 Å². The standard InChI is InChI=1S/C18H37N5O2.HI/c1-5-11-23-12-8-16(9-13-23)21-18(19-10-7-14-25-6-2)20-15-17(24)22(3)4;/h16H,5-15H2,1-4H3,(H2,19,20,21);1H. The molecule has 0 atom stereocenters. The number of hydrogen-bond donors (Lipinski definition) is 2. The molecule has 26 heavy (non-hydrogen) atoms. The third-order valence-electron chi connectivity index (χ3n) is 4.30. The van der Waals surface area contributed by atoms with E-state index in [1.165, 1.54) is 13.0 Å². The molecule has 7 nitrogen and oxygen atoms in total. The zero-order valence-corrected chi connectivity index (χ0v) is 19.3. The molecular weight excluding hydrogens is 445 g/mol. The molecule has 0 unspecified atom stereocenters. The van der Waals surface area contributed by atoms with E-state index in [4.69, 9.17) is 4.74 Å². The molecule has 1 aliphatic rings. The molecule has 8 heteroatoms. The fourth-order valence-electron chi connectivity index (χ4n) is 2.78. The van der Waals surface area contributed by atoms with Gasteiger partial charge in [0.05, 0.1) is 0 Å². The Morgan fingerprint density at radius 1 is 1.27 bits per heavy atom. The Morgan fingerprint density at radius 2 is 1.96 bits per heavy atom. The van der Waals surface area contributed by atoms with E-state index in [0.29, 0.717) is 6.04 Å². The van der Waals surface area contributed by atoms with Gasteiger partial charge in [-0.2, -0.15) is 0 Å². The number of nitrogens with one attached hydrogen (secondary N) is 2. The van der Waals surface area contributed by atoms with Crippen LogP contribution >= 0.6 is 24.0 Å². The van der Waals surface area contributed by atoms with Crippen LogP contribution in [0.25, 0.3) is 0 Å². The van der Waals surface area contributed by atoms with Gasteiger partial charge in [0.25, 0.3) is 0 Å². The van der Waals surface area contributed by atoms with Crippen molar-refractivity contribution in [3.63, 3.8) is 0 Å². The summed E-state index contributed by atoms with van der Waals surface area (Å²) in [6.45, 7) is 10.1. The number of likely N-dealkylation sites (tertiary alicyclic amines) is 1. The van der Waals surface area contributed by atoms with Crippen molar-refractivity contribution in [1.82, 2.24) is 20.4 Å². The molecule has 0 saturated carbocycles. The minimum absolute atomic E-state index is 0. The Bertz CT molecular complexity index is 399. The molecule has 0 aromatic carbocycles. The van der Waals surface area contributed by atoms with Crippen molar-refractivity contribution in [2.75, 3.05) is 60.0 Å². The number of carbonyl (C=O) groups excluding carboxylic acids is 1. The number of halogens is 1. The molecule has 1 rings (SSSR count). The number of ether oxygens (including phenoxy) is 1. The molecule has 0 aliphatic carbocycles. The lowest BCUT2D eigenvalue weighted by Crippen LogP contribution is -2.49. The van der Waals surface area contributed by atoms with Crippen molar-refractivity contribution in [2.45, 2.75) is 45.6 Å². The summed E-state index contributed by atoms with van der Waals surface area (Å²) in [5.41, 5.74) is 0. The third-order valence-corrected chi connectivity index (χ3v) is 4.30. The van der Waals surface area contributed by atoms with Gasteiger partial charge in [-0.25, -0.2) is 4.99 Å². The normalized spacial score (nSPS) is 16.1. The fraction of sp³-hybridized carbons (Fsp3) is 0.889. The molecule has 1 heterocycles. The summed E-state index contributed by atoms with van der Waals surface area (Å²) in [5, 5.41) is 6.84. The topological polar surface area (TPSA) is 69.2 Å². The predicted molar refractivity (Wildman–Crippen MR) is 118 cm³/mol. The van der Waals surface area contributed by atoms with Gasteiger partial charge in [0.1, 0.15) is 6.54 Å². The molecule has 1 fully saturated rings. The van der Waals surface area contributed by atoms with E-state index in [1.54, 1.807) is 19.0 Å². The van der Waals surface area contributed by atoms with Crippen LogP contribution in [0.2, 0.25) is 0 Å². The maximum Gasteiger partial charge on any atom is 0.243 e. The van der Waals surface area contributed by atoms with Gasteiger partial charge >= 0.3 is 0 Å². The van der Waals surface area contributed by atoms with Crippen molar-refractivity contribution in [3.05, 3.63) is 0 Å². The average molecular weight is 483 g/mol. The monoisotopic (exact) mass is 483 g/mol. The van der Waals surface area contributed by atoms with Crippen molar-refractivity contribution in [2.24, 2.45) is 4.99 Å². The Labute approximate surface area is 176 Å². The molecule has 0 radical (unpaired) electrons. The first kappa shape index (κ1) is 25.4. The Balaban J connectivity index is 0.00000625. The van der Waals surface area contributed by atoms with Gasteiger partial charge < -0.3 is 25.2 Å². The Morgan fingerprint density at radius 3 is 2.54 bits per heavy atom. The minimum atomic E-state index is 0. The quantitative estimate of drug-likeness (QED) is 0.214. The lowest BCUT2D eigenvalue weighted by Gasteiger charge is -2.32. The molecule has 0 aromatic heterocycles. The first-order chi connectivity index (χ1) is 12.1. The smallest absolute Gasteiger partial charge is 0.243 e. The van der Waals surface area contributed by atoms with Crippen LogP contribution < -0.4 is 10.6 Å². The van der Waals surface area contributed by atoms with E-state index < -0.39 is 0 Å². The Hall–Kier alpha value is -0.610. The lowest BCUT2D eigenvalue weighted by molar-refractivity contribution is -0.127. The molecule has 0 bridgehead atoms. The van der Waals surface area contributed by atoms with Crippen LogP contribution in [0.3, 0.4) is 0 Å². The lowest BCUT2D eigenvalue weighted by atomic mass is 10.1. The number of carbonyl (C=O) groups is 1. The van der Waals surface area contributed by atoms with Gasteiger partial charge in [0.15, 0.2) is 5.96 Å². The van der Waals surface area contributed by atoms with Gasteiger partial charge in [0.2, 0.25) is 5.91 Å². The van der Waals surface area contributed by atoms with Crippen LogP contribution in [0.5, 0.6) is 0 Å². The molecule has 154 valence electrons. The van der Waals surface area contributed by atoms with Crippen molar-refractivity contribution in [1.29, 1.82) is 0 Å². The molecule has 1 aliphatic heterocycles. The zero-order valence-electron chi connectivity index (χ0n) is 16.9. The summed E-state index contributed by atoms with van der Waals surface area (Å²) in [5.74, 6) is 0.744. The summed E-state index contributed by atoms with van der Waals surface area (Å²) >= 11 is 0. The third kappa shape index (κ3) is 11.2. The van der Waals surface area contributed by atoms with E-state index >= 15 is 0 Å². The van der Waals surface area contributed by atoms with Crippen molar-refractivity contribution in [3.8, 4) is 0 Å². The van der Waals surface area contributed by atoms with Crippen LogP contribution in [0.4, 0.5) is 0 Å². The second-order valence-corrected chi connectivity index (χ2v) is 6.69. The zero-order chi connectivity index (χ0) is 18.5. The van der Waals surface area contributed by atoms with E-state index in [1.807, 2.05) is 6.92 Å². The van der Waals surface area contributed by atoms with Gasteiger partial charge in [0, 0.05) is 53.0 Å². The first-order valence-corrected chi connectivity index (χ1v) is 9.61. The number of piperidine rings is 1. The summed E-state index contributed by atoms with van der Waals surface area (Å²) in [4.78, 5) is 20.3. The number of likely N-dealkylation sites (N-methyl/N-ethyl adjacent to an activating group) is 1. The predicted octanol–water partition coefficient (Wildman–Crippen LogP) is 1.53. The highest BCUT2D eigenvalue weighted by atomic mass is 127. The van der Waals surface area contributed by atoms with Crippen LogP contribution in [-0.4, -0.2) is 87.7 Å². The summed E-state index contributed by atoms with van der Waals surface area (Å²) in [6.07, 6.45) is 4.35. The number of aliphatic imine (C=N–C) groups is 1. The van der Waals surface area contributed by atoms with Crippen molar-refractivity contribution >= 4 is 35.8 Å². The molecule has 1 amide bonds. The molecule has 2 N–H and O–H groups in total. The molecule has 1 saturated heterocycles. The summed E-state index contributed by atoms with van der Waals surface area (Å²) in [7, 11) is 3.51. The number of amides is 1.